The van der Waals surface area contributed by atoms with E-state index < -0.39 is 5.60 Å². The highest BCUT2D eigenvalue weighted by Crippen LogP contribution is 2.25. The van der Waals surface area contributed by atoms with Crippen LogP contribution in [0.3, 0.4) is 0 Å². The minimum atomic E-state index is -0.940. The fraction of sp³-hybridized carbons (Fsp3) is 0.562. The highest BCUT2D eigenvalue weighted by Gasteiger charge is 2.23. The molecule has 1 unspecified atom stereocenters. The van der Waals surface area contributed by atoms with E-state index in [4.69, 9.17) is 0 Å². The van der Waals surface area contributed by atoms with Gasteiger partial charge >= 0.3 is 0 Å². The Bertz CT molecular complexity index is 600. The van der Waals surface area contributed by atoms with Gasteiger partial charge in [-0.3, -0.25) is 0 Å². The van der Waals surface area contributed by atoms with Gasteiger partial charge in [0.05, 0.1) is 6.54 Å². The van der Waals surface area contributed by atoms with Crippen molar-refractivity contribution in [3.8, 4) is 0 Å². The van der Waals surface area contributed by atoms with Crippen LogP contribution >= 0.6 is 35.3 Å². The number of unbranched alkanes of at least 4 members (excludes halogenated alkanes) is 1. The molecule has 2 rings (SSSR count). The fourth-order valence-electron chi connectivity index (χ4n) is 2.20. The molecule has 0 radical (unpaired) electrons. The molecule has 7 nitrogen and oxygen atoms in total. The smallest absolute Gasteiger partial charge is 0.191 e. The molecule has 0 saturated heterocycles. The van der Waals surface area contributed by atoms with Gasteiger partial charge in [-0.2, -0.15) is 0 Å². The predicted molar refractivity (Wildman–Crippen MR) is 113 cm³/mol. The average Bonchev–Trinajstić information content (AvgIpc) is 3.25. The van der Waals surface area contributed by atoms with E-state index in [0.29, 0.717) is 6.54 Å². The Labute approximate surface area is 170 Å². The molecule has 0 amide bonds. The van der Waals surface area contributed by atoms with Gasteiger partial charge in [0, 0.05) is 24.5 Å². The summed E-state index contributed by atoms with van der Waals surface area (Å²) >= 11 is 1.55. The Morgan fingerprint density at radius 1 is 1.32 bits per heavy atom. The van der Waals surface area contributed by atoms with Gasteiger partial charge in [-0.25, -0.2) is 4.99 Å². The zero-order valence-corrected chi connectivity index (χ0v) is 17.8. The molecule has 0 bridgehead atoms. The topological polar surface area (TPSA) is 87.4 Å². The van der Waals surface area contributed by atoms with Gasteiger partial charge in [-0.05, 0) is 38.1 Å². The van der Waals surface area contributed by atoms with Crippen molar-refractivity contribution >= 4 is 41.3 Å². The number of aliphatic hydroxyl groups is 1. The number of aromatic nitrogens is 3. The minimum Gasteiger partial charge on any atom is -0.383 e. The number of aryl methyl sites for hydroxylation is 1. The molecule has 2 aromatic heterocycles. The van der Waals surface area contributed by atoms with E-state index in [9.17, 15) is 5.11 Å². The van der Waals surface area contributed by atoms with E-state index >= 15 is 0 Å². The minimum absolute atomic E-state index is 0. The highest BCUT2D eigenvalue weighted by atomic mass is 127. The van der Waals surface area contributed by atoms with E-state index in [0.717, 1.165) is 43.3 Å². The van der Waals surface area contributed by atoms with Crippen molar-refractivity contribution in [2.75, 3.05) is 19.6 Å². The van der Waals surface area contributed by atoms with E-state index in [-0.39, 0.29) is 24.0 Å². The first kappa shape index (κ1) is 21.8. The quantitative estimate of drug-likeness (QED) is 0.223. The fourth-order valence-corrected chi connectivity index (χ4v) is 2.98. The van der Waals surface area contributed by atoms with Gasteiger partial charge in [0.1, 0.15) is 18.3 Å². The normalized spacial score (nSPS) is 13.8. The maximum absolute atomic E-state index is 10.5. The molecule has 25 heavy (non-hydrogen) atoms. The number of thiophene rings is 1. The second-order valence-electron chi connectivity index (χ2n) is 5.78. The molecule has 0 saturated carbocycles. The van der Waals surface area contributed by atoms with Gasteiger partial charge in [0.2, 0.25) is 0 Å². The Kier molecular flexibility index (Phi) is 9.98. The lowest BCUT2D eigenvalue weighted by Crippen LogP contribution is -2.39. The maximum Gasteiger partial charge on any atom is 0.191 e. The standard InChI is InChI=1S/C16H26N6OS.HI/c1-3-17-15(18-8-4-5-9-22-12-20-21-13-22)19-11-16(2,23)14-7-6-10-24-14;/h6-7,10,12-13,23H,3-5,8-9,11H2,1-2H3,(H2,17,18,19);1H. The van der Waals surface area contributed by atoms with E-state index in [1.54, 1.807) is 30.9 Å². The van der Waals surface area contributed by atoms with E-state index in [1.165, 1.54) is 0 Å². The van der Waals surface area contributed by atoms with Crippen molar-refractivity contribution < 1.29 is 5.11 Å². The van der Waals surface area contributed by atoms with Crippen LogP contribution in [0.1, 0.15) is 31.6 Å². The van der Waals surface area contributed by atoms with Crippen molar-refractivity contribution in [3.05, 3.63) is 35.0 Å². The summed E-state index contributed by atoms with van der Waals surface area (Å²) in [7, 11) is 0. The molecule has 2 heterocycles. The monoisotopic (exact) mass is 478 g/mol. The summed E-state index contributed by atoms with van der Waals surface area (Å²) in [6, 6.07) is 3.88. The first-order valence-corrected chi connectivity index (χ1v) is 9.11. The van der Waals surface area contributed by atoms with Crippen LogP contribution in [-0.2, 0) is 12.1 Å². The van der Waals surface area contributed by atoms with Crippen LogP contribution in [0.2, 0.25) is 0 Å². The summed E-state index contributed by atoms with van der Waals surface area (Å²) in [5.74, 6) is 0.735. The first-order chi connectivity index (χ1) is 11.6. The Balaban J connectivity index is 0.00000312. The second kappa shape index (κ2) is 11.4. The van der Waals surface area contributed by atoms with Crippen molar-refractivity contribution in [2.24, 2.45) is 4.99 Å². The third-order valence-corrected chi connectivity index (χ3v) is 4.67. The lowest BCUT2D eigenvalue weighted by molar-refractivity contribution is 0.0711. The Morgan fingerprint density at radius 2 is 2.08 bits per heavy atom. The summed E-state index contributed by atoms with van der Waals surface area (Å²) in [6.07, 6.45) is 5.51. The summed E-state index contributed by atoms with van der Waals surface area (Å²) in [5.41, 5.74) is -0.940. The van der Waals surface area contributed by atoms with Gasteiger partial charge in [0.25, 0.3) is 0 Å². The maximum atomic E-state index is 10.5. The predicted octanol–water partition coefficient (Wildman–Crippen LogP) is 2.20. The van der Waals surface area contributed by atoms with Gasteiger partial charge in [0.15, 0.2) is 5.96 Å². The number of hydrogen-bond donors (Lipinski definition) is 3. The number of guanidine groups is 1. The van der Waals surface area contributed by atoms with Gasteiger partial charge in [-0.1, -0.05) is 6.07 Å². The summed E-state index contributed by atoms with van der Waals surface area (Å²) in [6.45, 7) is 6.67. The van der Waals surface area contributed by atoms with Crippen LogP contribution in [0, 0.1) is 0 Å². The molecule has 9 heteroatoms. The molecule has 0 fully saturated rings. The lowest BCUT2D eigenvalue weighted by Gasteiger charge is -2.20. The van der Waals surface area contributed by atoms with Crippen molar-refractivity contribution in [2.45, 2.75) is 38.8 Å². The van der Waals surface area contributed by atoms with Gasteiger partial charge in [-0.15, -0.1) is 45.5 Å². The largest absolute Gasteiger partial charge is 0.383 e. The Morgan fingerprint density at radius 3 is 2.72 bits per heavy atom. The molecule has 0 aliphatic rings. The van der Waals surface area contributed by atoms with Crippen LogP contribution in [0.5, 0.6) is 0 Å². The number of hydrogen-bond acceptors (Lipinski definition) is 5. The zero-order valence-electron chi connectivity index (χ0n) is 14.7. The number of rotatable bonds is 9. The van der Waals surface area contributed by atoms with Crippen LogP contribution < -0.4 is 10.6 Å². The van der Waals surface area contributed by atoms with Crippen molar-refractivity contribution in [3.63, 3.8) is 0 Å². The molecular formula is C16H27IN6OS. The third-order valence-electron chi connectivity index (χ3n) is 3.54. The zero-order chi connectivity index (χ0) is 17.3. The van der Waals surface area contributed by atoms with Crippen LogP contribution in [0.25, 0.3) is 0 Å². The first-order valence-electron chi connectivity index (χ1n) is 8.23. The van der Waals surface area contributed by atoms with E-state index in [2.05, 4.69) is 25.8 Å². The number of aliphatic imine (C=N–C) groups is 1. The van der Waals surface area contributed by atoms with Crippen molar-refractivity contribution in [1.29, 1.82) is 0 Å². The van der Waals surface area contributed by atoms with Crippen LogP contribution in [0.4, 0.5) is 0 Å². The molecule has 2 aromatic rings. The molecule has 0 aromatic carbocycles. The van der Waals surface area contributed by atoms with Gasteiger partial charge < -0.3 is 20.3 Å². The molecule has 0 spiro atoms. The summed E-state index contributed by atoms with van der Waals surface area (Å²) in [4.78, 5) is 5.44. The molecule has 3 N–H and O–H groups in total. The summed E-state index contributed by atoms with van der Waals surface area (Å²) in [5, 5.41) is 26.6. The second-order valence-corrected chi connectivity index (χ2v) is 6.73. The highest BCUT2D eigenvalue weighted by molar-refractivity contribution is 14.0. The van der Waals surface area contributed by atoms with Crippen LogP contribution in [0.15, 0.2) is 35.2 Å². The Hall–Kier alpha value is -1.20. The van der Waals surface area contributed by atoms with E-state index in [1.807, 2.05) is 29.0 Å². The molecule has 0 aliphatic carbocycles. The molecule has 0 aliphatic heterocycles. The molecule has 140 valence electrons. The summed E-state index contributed by atoms with van der Waals surface area (Å²) < 4.78 is 1.97. The SMILES string of the molecule is CCNC(=NCC(C)(O)c1cccs1)NCCCCn1cnnc1.I. The number of halogens is 1. The molecular weight excluding hydrogens is 451 g/mol. The number of nitrogens with zero attached hydrogens (tertiary/aromatic N) is 4. The molecule has 1 atom stereocenters. The lowest BCUT2D eigenvalue weighted by atomic mass is 10.1. The van der Waals surface area contributed by atoms with Crippen LogP contribution in [-0.4, -0.2) is 45.5 Å². The third kappa shape index (κ3) is 7.70. The number of nitrogens with one attached hydrogen (secondary N) is 2. The van der Waals surface area contributed by atoms with Crippen molar-refractivity contribution in [1.82, 2.24) is 25.4 Å². The average molecular weight is 478 g/mol.